The molecule has 0 saturated carbocycles. The number of rotatable bonds is 12. The van der Waals surface area contributed by atoms with Crippen molar-refractivity contribution in [3.05, 3.63) is 139 Å². The molecule has 8 rings (SSSR count). The highest BCUT2D eigenvalue weighted by Crippen LogP contribution is 2.40. The first-order chi connectivity index (χ1) is 30.3. The molecule has 8 aromatic rings. The van der Waals surface area contributed by atoms with Crippen molar-refractivity contribution < 1.29 is 34.4 Å². The maximum atomic E-state index is 14.2. The van der Waals surface area contributed by atoms with Gasteiger partial charge in [-0.25, -0.2) is 44.4 Å². The van der Waals surface area contributed by atoms with Crippen molar-refractivity contribution in [2.75, 3.05) is 12.5 Å². The van der Waals surface area contributed by atoms with Crippen LogP contribution in [0.1, 0.15) is 20.9 Å². The molecular formula is C40H30Br2F4N8O4S6. The Labute approximate surface area is 396 Å². The number of thiophene rings is 2. The molecule has 0 unspecified atom stereocenters. The number of thioether (sulfide) groups is 2. The lowest BCUT2D eigenvalue weighted by molar-refractivity contribution is 0.546. The zero-order valence-electron chi connectivity index (χ0n) is 32.8. The number of nitrogens with one attached hydrogen (secondary N) is 2. The predicted molar refractivity (Wildman–Crippen MR) is 251 cm³/mol. The molecule has 0 aliphatic rings. The highest BCUT2D eigenvalue weighted by Gasteiger charge is 2.29. The SMILES string of the molecule is CSc1sc(C(=N)N)cc1S(=O)(=O)c1cc(Br)c2c(c1)ncn2Cc1c(F)cccc1F.CSc1sc(C(=N)N)cc1S(=O)(=O)c1cc(Br)c2ncn(Cc3c(F)cccc3F)c2c1. The summed E-state index contributed by atoms with van der Waals surface area (Å²) in [5.74, 6) is -3.17. The number of nitrogen functional groups attached to an aromatic ring is 2. The van der Waals surface area contributed by atoms with Crippen molar-refractivity contribution in [3.63, 3.8) is 0 Å². The van der Waals surface area contributed by atoms with Crippen LogP contribution < -0.4 is 11.5 Å². The Balaban J connectivity index is 0.000000191. The molecule has 6 N–H and O–H groups in total. The standard InChI is InChI=1S/2C20H15BrF2N4O2S3/c1-30-20-17(7-16(31-20)19(24)25)32(28,29)10-5-12(21)18-15(6-10)27(9-26-18)8-11-13(22)3-2-4-14(11)23;1-30-20-17(7-16(31-20)19(24)25)32(28,29)10-5-12(21)18-15(6-10)26-9-27(18)8-11-13(22)3-2-4-14(11)23/h2*2-7,9H,8H2,1H3,(H3,24,25). The Kier molecular flexibility index (Phi) is 13.9. The van der Waals surface area contributed by atoms with Gasteiger partial charge in [-0.3, -0.25) is 10.8 Å². The fourth-order valence-electron chi connectivity index (χ4n) is 6.39. The molecule has 0 aliphatic carbocycles. The van der Waals surface area contributed by atoms with Crippen LogP contribution in [-0.4, -0.2) is 60.1 Å². The van der Waals surface area contributed by atoms with E-state index in [0.29, 0.717) is 49.2 Å². The molecule has 0 bridgehead atoms. The number of nitrogens with two attached hydrogens (primary N) is 2. The molecule has 64 heavy (non-hydrogen) atoms. The first-order valence-corrected chi connectivity index (χ1v) is 26.6. The summed E-state index contributed by atoms with van der Waals surface area (Å²) in [6, 6.07) is 15.7. The number of amidine groups is 2. The number of hydrogen-bond donors (Lipinski definition) is 4. The molecule has 0 radical (unpaired) electrons. The normalized spacial score (nSPS) is 11.9. The Hall–Kier alpha value is -4.56. The number of halogens is 6. The number of hydrogen-bond acceptors (Lipinski definition) is 12. The van der Waals surface area contributed by atoms with Crippen LogP contribution in [-0.2, 0) is 32.8 Å². The molecule has 0 atom stereocenters. The summed E-state index contributed by atoms with van der Waals surface area (Å²) < 4.78 is 115. The predicted octanol–water partition coefficient (Wildman–Crippen LogP) is 10.1. The summed E-state index contributed by atoms with van der Waals surface area (Å²) in [6.45, 7) is -0.267. The number of imidazole rings is 2. The number of benzene rings is 4. The number of aromatic nitrogens is 4. The van der Waals surface area contributed by atoms with E-state index in [1.165, 1.54) is 101 Å². The van der Waals surface area contributed by atoms with Crippen molar-refractivity contribution >= 4 is 131 Å². The van der Waals surface area contributed by atoms with Gasteiger partial charge in [0, 0.05) is 20.1 Å². The average Bonchev–Trinajstić information content (AvgIpc) is 4.06. The fourth-order valence-corrected chi connectivity index (χ4v) is 15.7. The highest BCUT2D eigenvalue weighted by molar-refractivity contribution is 9.11. The van der Waals surface area contributed by atoms with Gasteiger partial charge in [-0.2, -0.15) is 0 Å². The van der Waals surface area contributed by atoms with E-state index >= 15 is 0 Å². The summed E-state index contributed by atoms with van der Waals surface area (Å²) in [5, 5.41) is 15.2. The largest absolute Gasteiger partial charge is 0.383 e. The third-order valence-corrected chi connectivity index (χ3v) is 19.4. The highest BCUT2D eigenvalue weighted by atomic mass is 79.9. The first kappa shape index (κ1) is 47.4. The van der Waals surface area contributed by atoms with E-state index < -0.39 is 42.9 Å². The van der Waals surface area contributed by atoms with E-state index in [1.54, 1.807) is 17.1 Å². The van der Waals surface area contributed by atoms with Crippen LogP contribution in [0, 0.1) is 34.1 Å². The Morgan fingerprint density at radius 2 is 1.11 bits per heavy atom. The van der Waals surface area contributed by atoms with E-state index in [1.807, 2.05) is 0 Å². The monoisotopic (exact) mass is 1110 g/mol. The molecule has 4 aromatic heterocycles. The van der Waals surface area contributed by atoms with Crippen molar-refractivity contribution in [2.45, 2.75) is 41.1 Å². The maximum absolute atomic E-state index is 14.2. The molecule has 0 amide bonds. The van der Waals surface area contributed by atoms with Crippen molar-refractivity contribution in [2.24, 2.45) is 11.5 Å². The fraction of sp³-hybridized carbons (Fsp3) is 0.100. The number of fused-ring (bicyclic) bond motifs is 2. The summed E-state index contributed by atoms with van der Waals surface area (Å²) in [7, 11) is -7.91. The molecule has 0 aliphatic heterocycles. The minimum atomic E-state index is -3.97. The maximum Gasteiger partial charge on any atom is 0.208 e. The van der Waals surface area contributed by atoms with E-state index in [4.69, 9.17) is 22.3 Å². The summed E-state index contributed by atoms with van der Waals surface area (Å²) in [5.41, 5.74) is 12.5. The molecule has 0 saturated heterocycles. The zero-order chi connectivity index (χ0) is 46.4. The topological polar surface area (TPSA) is 204 Å². The van der Waals surface area contributed by atoms with Gasteiger partial charge in [0.05, 0.1) is 80.0 Å². The molecule has 0 spiro atoms. The van der Waals surface area contributed by atoms with E-state index in [9.17, 15) is 34.4 Å². The third-order valence-electron chi connectivity index (χ3n) is 9.51. The Bertz CT molecular complexity index is 3370. The minimum Gasteiger partial charge on any atom is -0.383 e. The lowest BCUT2D eigenvalue weighted by Gasteiger charge is -2.10. The molecule has 12 nitrogen and oxygen atoms in total. The van der Waals surface area contributed by atoms with Gasteiger partial charge < -0.3 is 20.6 Å². The van der Waals surface area contributed by atoms with Crippen molar-refractivity contribution in [1.82, 2.24) is 19.1 Å². The lowest BCUT2D eigenvalue weighted by atomic mass is 10.2. The smallest absolute Gasteiger partial charge is 0.208 e. The van der Waals surface area contributed by atoms with Crippen LogP contribution in [0.4, 0.5) is 17.6 Å². The van der Waals surface area contributed by atoms with Crippen LogP contribution in [0.5, 0.6) is 0 Å². The van der Waals surface area contributed by atoms with Crippen LogP contribution in [0.2, 0.25) is 0 Å². The van der Waals surface area contributed by atoms with Gasteiger partial charge in [0.1, 0.15) is 40.5 Å². The van der Waals surface area contributed by atoms with Gasteiger partial charge in [-0.05, 0) is 105 Å². The van der Waals surface area contributed by atoms with Gasteiger partial charge >= 0.3 is 0 Å². The van der Waals surface area contributed by atoms with E-state index in [2.05, 4.69) is 41.8 Å². The molecule has 4 heterocycles. The van der Waals surface area contributed by atoms with Gasteiger partial charge in [0.25, 0.3) is 0 Å². The molecule has 332 valence electrons. The Morgan fingerprint density at radius 3 is 1.58 bits per heavy atom. The second-order valence-electron chi connectivity index (χ2n) is 13.5. The molecule has 24 heteroatoms. The van der Waals surface area contributed by atoms with E-state index in [-0.39, 0.29) is 55.5 Å². The van der Waals surface area contributed by atoms with Gasteiger partial charge in [0.2, 0.25) is 19.7 Å². The van der Waals surface area contributed by atoms with Gasteiger partial charge in [-0.15, -0.1) is 46.2 Å². The van der Waals surface area contributed by atoms with Gasteiger partial charge in [0.15, 0.2) is 0 Å². The van der Waals surface area contributed by atoms with Crippen molar-refractivity contribution in [3.8, 4) is 0 Å². The zero-order valence-corrected chi connectivity index (χ0v) is 40.9. The average molecular weight is 1110 g/mol. The molecule has 4 aromatic carbocycles. The first-order valence-electron chi connectivity index (χ1n) is 18.0. The summed E-state index contributed by atoms with van der Waals surface area (Å²) in [6.07, 6.45) is 6.30. The molecular weight excluding hydrogens is 1080 g/mol. The lowest BCUT2D eigenvalue weighted by Crippen LogP contribution is -2.09. The Morgan fingerprint density at radius 1 is 0.672 bits per heavy atom. The van der Waals surface area contributed by atoms with Crippen LogP contribution in [0.15, 0.2) is 122 Å². The van der Waals surface area contributed by atoms with Crippen LogP contribution in [0.25, 0.3) is 22.1 Å². The number of nitrogens with zero attached hydrogens (tertiary/aromatic N) is 4. The van der Waals surface area contributed by atoms with E-state index in [0.717, 1.165) is 34.8 Å². The van der Waals surface area contributed by atoms with Crippen molar-refractivity contribution in [1.29, 1.82) is 10.8 Å². The minimum absolute atomic E-state index is 0.00222. The second kappa shape index (κ2) is 18.7. The summed E-state index contributed by atoms with van der Waals surface area (Å²) >= 11 is 11.5. The van der Waals surface area contributed by atoms with Crippen LogP contribution in [0.3, 0.4) is 0 Å². The van der Waals surface area contributed by atoms with Gasteiger partial charge in [-0.1, -0.05) is 12.1 Å². The number of sulfone groups is 2. The molecule has 0 fully saturated rings. The third kappa shape index (κ3) is 9.15. The van der Waals surface area contributed by atoms with Crippen LogP contribution >= 0.6 is 78.1 Å². The quantitative estimate of drug-likeness (QED) is 0.0395. The summed E-state index contributed by atoms with van der Waals surface area (Å²) in [4.78, 5) is 9.33. The second-order valence-corrected chi connectivity index (χ2v) is 23.3.